The Morgan fingerprint density at radius 3 is 2.89 bits per heavy atom. The molecular weight excluding hydrogens is 240 g/mol. The number of aromatic nitrogens is 2. The van der Waals surface area contributed by atoms with Crippen LogP contribution < -0.4 is 10.9 Å². The zero-order chi connectivity index (χ0) is 13.1. The lowest BCUT2D eigenvalue weighted by Gasteiger charge is -2.07. The lowest BCUT2D eigenvalue weighted by molar-refractivity contribution is 0.574. The molecule has 0 aliphatic heterocycles. The summed E-state index contributed by atoms with van der Waals surface area (Å²) in [7, 11) is 1.59. The van der Waals surface area contributed by atoms with Crippen LogP contribution in [0.15, 0.2) is 35.4 Å². The number of aryl methyl sites for hydroxylation is 1. The summed E-state index contributed by atoms with van der Waals surface area (Å²) < 4.78 is 27.4. The van der Waals surface area contributed by atoms with E-state index in [-0.39, 0.29) is 23.5 Å². The summed E-state index contributed by atoms with van der Waals surface area (Å²) >= 11 is 0. The summed E-state index contributed by atoms with van der Waals surface area (Å²) in [6, 6.07) is 3.29. The molecule has 0 unspecified atom stereocenters. The number of halogens is 2. The minimum atomic E-state index is -0.657. The van der Waals surface area contributed by atoms with E-state index in [4.69, 9.17) is 0 Å². The van der Waals surface area contributed by atoms with Gasteiger partial charge in [-0.25, -0.2) is 13.8 Å². The van der Waals surface area contributed by atoms with E-state index in [1.165, 1.54) is 23.0 Å². The first-order valence-corrected chi connectivity index (χ1v) is 5.27. The molecule has 0 radical (unpaired) electrons. The van der Waals surface area contributed by atoms with Crippen molar-refractivity contribution in [1.29, 1.82) is 0 Å². The number of nitrogens with zero attached hydrogens (tertiary/aromatic N) is 2. The molecule has 1 aromatic carbocycles. The fourth-order valence-corrected chi connectivity index (χ4v) is 1.46. The van der Waals surface area contributed by atoms with Gasteiger partial charge in [-0.2, -0.15) is 0 Å². The highest BCUT2D eigenvalue weighted by Crippen LogP contribution is 2.10. The summed E-state index contributed by atoms with van der Waals surface area (Å²) in [6.45, 7) is 0.0678. The van der Waals surface area contributed by atoms with Crippen molar-refractivity contribution in [3.05, 3.63) is 58.1 Å². The maximum absolute atomic E-state index is 13.3. The molecule has 6 heteroatoms. The molecule has 18 heavy (non-hydrogen) atoms. The largest absolute Gasteiger partial charge is 0.361 e. The second kappa shape index (κ2) is 4.95. The first kappa shape index (κ1) is 12.2. The molecule has 0 bridgehead atoms. The topological polar surface area (TPSA) is 46.9 Å². The zero-order valence-corrected chi connectivity index (χ0v) is 9.65. The van der Waals surface area contributed by atoms with Gasteiger partial charge in [0, 0.05) is 37.6 Å². The molecule has 1 N–H and O–H groups in total. The Kier molecular flexibility index (Phi) is 3.36. The Morgan fingerprint density at radius 2 is 2.17 bits per heavy atom. The van der Waals surface area contributed by atoms with E-state index in [1.807, 2.05) is 0 Å². The van der Waals surface area contributed by atoms with Gasteiger partial charge in [0.1, 0.15) is 11.6 Å². The Labute approximate surface area is 102 Å². The van der Waals surface area contributed by atoms with Crippen LogP contribution in [0.5, 0.6) is 0 Å². The van der Waals surface area contributed by atoms with E-state index >= 15 is 0 Å². The van der Waals surface area contributed by atoms with Gasteiger partial charge in [0.2, 0.25) is 0 Å². The van der Waals surface area contributed by atoms with Crippen LogP contribution in [0.3, 0.4) is 0 Å². The van der Waals surface area contributed by atoms with Crippen LogP contribution in [0.25, 0.3) is 0 Å². The lowest BCUT2D eigenvalue weighted by atomic mass is 10.2. The van der Waals surface area contributed by atoms with Crippen molar-refractivity contribution in [1.82, 2.24) is 9.55 Å². The van der Waals surface area contributed by atoms with E-state index in [9.17, 15) is 13.6 Å². The van der Waals surface area contributed by atoms with Crippen LogP contribution in [-0.4, -0.2) is 9.55 Å². The third-order valence-electron chi connectivity index (χ3n) is 2.48. The molecule has 0 fully saturated rings. The van der Waals surface area contributed by atoms with E-state index in [0.717, 1.165) is 12.1 Å². The monoisotopic (exact) mass is 251 g/mol. The van der Waals surface area contributed by atoms with Crippen molar-refractivity contribution in [2.45, 2.75) is 6.54 Å². The van der Waals surface area contributed by atoms with E-state index in [0.29, 0.717) is 0 Å². The van der Waals surface area contributed by atoms with Crippen molar-refractivity contribution in [3.8, 4) is 0 Å². The number of rotatable bonds is 3. The quantitative estimate of drug-likeness (QED) is 0.902. The first-order chi connectivity index (χ1) is 8.58. The Morgan fingerprint density at radius 1 is 1.39 bits per heavy atom. The van der Waals surface area contributed by atoms with Crippen LogP contribution in [0.1, 0.15) is 5.56 Å². The molecular formula is C12H11F2N3O. The molecule has 94 valence electrons. The van der Waals surface area contributed by atoms with Crippen LogP contribution in [0.2, 0.25) is 0 Å². The van der Waals surface area contributed by atoms with Gasteiger partial charge < -0.3 is 9.88 Å². The van der Waals surface area contributed by atoms with E-state index in [1.54, 1.807) is 7.05 Å². The zero-order valence-electron chi connectivity index (χ0n) is 9.65. The Balaban J connectivity index is 2.17. The van der Waals surface area contributed by atoms with Crippen LogP contribution in [0.4, 0.5) is 14.6 Å². The van der Waals surface area contributed by atoms with E-state index in [2.05, 4.69) is 10.3 Å². The predicted octanol–water partition coefficient (Wildman–Crippen LogP) is 1.67. The molecule has 2 aromatic rings. The minimum absolute atomic E-state index is 0.0678. The van der Waals surface area contributed by atoms with Crippen LogP contribution in [0, 0.1) is 11.6 Å². The number of nitrogens with one attached hydrogen (secondary N) is 1. The fourth-order valence-electron chi connectivity index (χ4n) is 1.46. The normalized spacial score (nSPS) is 10.4. The molecule has 1 heterocycles. The summed E-state index contributed by atoms with van der Waals surface area (Å²) in [5, 5.41) is 2.72. The third kappa shape index (κ3) is 2.53. The fraction of sp³-hybridized carbons (Fsp3) is 0.167. The standard InChI is InChI=1S/C12H11F2N3O/c1-17-5-4-15-11(12(17)18)16-7-8-2-3-9(13)6-10(8)14/h2-6H,7H2,1H3,(H,15,16). The first-order valence-electron chi connectivity index (χ1n) is 5.27. The predicted molar refractivity (Wildman–Crippen MR) is 63.2 cm³/mol. The average molecular weight is 251 g/mol. The van der Waals surface area contributed by atoms with Gasteiger partial charge >= 0.3 is 0 Å². The van der Waals surface area contributed by atoms with Crippen molar-refractivity contribution in [3.63, 3.8) is 0 Å². The molecule has 2 rings (SSSR count). The van der Waals surface area contributed by atoms with Gasteiger partial charge in [0.25, 0.3) is 5.56 Å². The lowest BCUT2D eigenvalue weighted by Crippen LogP contribution is -2.21. The number of benzene rings is 1. The van der Waals surface area contributed by atoms with Gasteiger partial charge in [-0.05, 0) is 6.07 Å². The molecule has 0 saturated heterocycles. The molecule has 4 nitrogen and oxygen atoms in total. The molecule has 0 saturated carbocycles. The minimum Gasteiger partial charge on any atom is -0.361 e. The number of hydrogen-bond acceptors (Lipinski definition) is 3. The van der Waals surface area contributed by atoms with E-state index < -0.39 is 11.6 Å². The summed E-state index contributed by atoms with van der Waals surface area (Å²) in [5.74, 6) is -1.16. The summed E-state index contributed by atoms with van der Waals surface area (Å²) in [5.41, 5.74) is -0.0378. The van der Waals surface area contributed by atoms with Crippen molar-refractivity contribution < 1.29 is 8.78 Å². The molecule has 0 aliphatic carbocycles. The smallest absolute Gasteiger partial charge is 0.293 e. The van der Waals surface area contributed by atoms with Gasteiger partial charge in [0.05, 0.1) is 0 Å². The molecule has 0 aliphatic rings. The second-order valence-corrected chi connectivity index (χ2v) is 3.78. The third-order valence-corrected chi connectivity index (χ3v) is 2.48. The molecule has 1 aromatic heterocycles. The van der Waals surface area contributed by atoms with Gasteiger partial charge in [0.15, 0.2) is 5.82 Å². The van der Waals surface area contributed by atoms with Crippen LogP contribution in [-0.2, 0) is 13.6 Å². The highest BCUT2D eigenvalue weighted by atomic mass is 19.1. The number of anilines is 1. The summed E-state index contributed by atoms with van der Waals surface area (Å²) in [6.07, 6.45) is 2.98. The Hall–Kier alpha value is -2.24. The van der Waals surface area contributed by atoms with Gasteiger partial charge in [-0.1, -0.05) is 6.07 Å². The van der Waals surface area contributed by atoms with Crippen molar-refractivity contribution >= 4 is 5.82 Å². The molecule has 0 atom stereocenters. The average Bonchev–Trinajstić information content (AvgIpc) is 2.33. The maximum Gasteiger partial charge on any atom is 0.293 e. The highest BCUT2D eigenvalue weighted by molar-refractivity contribution is 5.33. The van der Waals surface area contributed by atoms with Crippen molar-refractivity contribution in [2.24, 2.45) is 7.05 Å². The summed E-state index contributed by atoms with van der Waals surface area (Å²) in [4.78, 5) is 15.5. The van der Waals surface area contributed by atoms with Gasteiger partial charge in [-0.3, -0.25) is 4.79 Å². The van der Waals surface area contributed by atoms with Crippen molar-refractivity contribution in [2.75, 3.05) is 5.32 Å². The SMILES string of the molecule is Cn1ccnc(NCc2ccc(F)cc2F)c1=O. The van der Waals surface area contributed by atoms with Crippen LogP contribution >= 0.6 is 0 Å². The van der Waals surface area contributed by atoms with Gasteiger partial charge in [-0.15, -0.1) is 0 Å². The highest BCUT2D eigenvalue weighted by Gasteiger charge is 2.06. The Bertz CT molecular complexity index is 625. The maximum atomic E-state index is 13.3. The number of hydrogen-bond donors (Lipinski definition) is 1. The second-order valence-electron chi connectivity index (χ2n) is 3.78. The molecule has 0 spiro atoms. The molecule has 0 amide bonds.